The molecule has 0 unspecified atom stereocenters. The van der Waals surface area contributed by atoms with Crippen molar-refractivity contribution >= 4 is 33.5 Å². The number of nitrogen functional groups attached to an aromatic ring is 1. The number of halogens is 1. The molecular formula is C13H16BrN5O2. The SMILES string of the molecule is CCCOc1nc(N)nc(Nc2ccc(OC)c(Br)c2)n1. The molecule has 0 fully saturated rings. The Kier molecular flexibility index (Phi) is 5.15. The first kappa shape index (κ1) is 15.3. The van der Waals surface area contributed by atoms with E-state index in [0.717, 1.165) is 22.3 Å². The molecule has 1 heterocycles. The molecule has 3 N–H and O–H groups in total. The minimum atomic E-state index is 0.103. The van der Waals surface area contributed by atoms with E-state index in [0.29, 0.717) is 12.6 Å². The summed E-state index contributed by atoms with van der Waals surface area (Å²) in [6.07, 6.45) is 0.861. The van der Waals surface area contributed by atoms with Gasteiger partial charge in [-0.1, -0.05) is 6.92 Å². The molecule has 1 aromatic carbocycles. The van der Waals surface area contributed by atoms with Crippen molar-refractivity contribution in [2.24, 2.45) is 0 Å². The summed E-state index contributed by atoms with van der Waals surface area (Å²) in [5, 5.41) is 3.05. The largest absolute Gasteiger partial charge is 0.496 e. The van der Waals surface area contributed by atoms with Crippen LogP contribution >= 0.6 is 15.9 Å². The lowest BCUT2D eigenvalue weighted by molar-refractivity contribution is 0.292. The molecule has 0 aliphatic heterocycles. The fraction of sp³-hybridized carbons (Fsp3) is 0.308. The predicted molar refractivity (Wildman–Crippen MR) is 84.0 cm³/mol. The Labute approximate surface area is 131 Å². The maximum absolute atomic E-state index is 5.65. The second kappa shape index (κ2) is 7.07. The summed E-state index contributed by atoms with van der Waals surface area (Å²) in [4.78, 5) is 12.1. The number of anilines is 3. The Hall–Kier alpha value is -2.09. The zero-order valence-corrected chi connectivity index (χ0v) is 13.3. The lowest BCUT2D eigenvalue weighted by Gasteiger charge is -2.09. The van der Waals surface area contributed by atoms with Gasteiger partial charge in [-0.2, -0.15) is 15.0 Å². The van der Waals surface area contributed by atoms with Crippen LogP contribution in [0, 0.1) is 0 Å². The molecule has 0 saturated carbocycles. The summed E-state index contributed by atoms with van der Waals surface area (Å²) in [6.45, 7) is 2.52. The zero-order chi connectivity index (χ0) is 15.2. The van der Waals surface area contributed by atoms with E-state index < -0.39 is 0 Å². The van der Waals surface area contributed by atoms with E-state index in [-0.39, 0.29) is 12.0 Å². The number of nitrogens with two attached hydrogens (primary N) is 1. The van der Waals surface area contributed by atoms with Crippen LogP contribution in [-0.2, 0) is 0 Å². The van der Waals surface area contributed by atoms with Crippen molar-refractivity contribution in [2.45, 2.75) is 13.3 Å². The van der Waals surface area contributed by atoms with E-state index in [4.69, 9.17) is 15.2 Å². The van der Waals surface area contributed by atoms with Gasteiger partial charge in [-0.3, -0.25) is 0 Å². The quantitative estimate of drug-likeness (QED) is 0.824. The minimum Gasteiger partial charge on any atom is -0.496 e. The number of aromatic nitrogens is 3. The van der Waals surface area contributed by atoms with Crippen molar-refractivity contribution in [1.29, 1.82) is 0 Å². The molecule has 0 aliphatic rings. The third-order valence-corrected chi connectivity index (χ3v) is 3.10. The van der Waals surface area contributed by atoms with Gasteiger partial charge in [-0.25, -0.2) is 0 Å². The van der Waals surface area contributed by atoms with Crippen molar-refractivity contribution < 1.29 is 9.47 Å². The first-order valence-electron chi connectivity index (χ1n) is 6.37. The van der Waals surface area contributed by atoms with Crippen LogP contribution in [0.3, 0.4) is 0 Å². The van der Waals surface area contributed by atoms with Gasteiger partial charge < -0.3 is 20.5 Å². The normalized spacial score (nSPS) is 10.2. The highest BCUT2D eigenvalue weighted by Crippen LogP contribution is 2.28. The van der Waals surface area contributed by atoms with Crippen molar-refractivity contribution in [2.75, 3.05) is 24.8 Å². The standard InChI is InChI=1S/C13H16BrN5O2/c1-3-6-21-13-18-11(15)17-12(19-13)16-8-4-5-10(20-2)9(14)7-8/h4-5,7H,3,6H2,1-2H3,(H3,15,16,17,18,19). The molecule has 0 atom stereocenters. The average Bonchev–Trinajstić information content (AvgIpc) is 2.45. The number of ether oxygens (including phenoxy) is 2. The Balaban J connectivity index is 2.18. The van der Waals surface area contributed by atoms with E-state index >= 15 is 0 Å². The topological polar surface area (TPSA) is 95.2 Å². The first-order valence-corrected chi connectivity index (χ1v) is 7.16. The predicted octanol–water partition coefficient (Wildman–Crippen LogP) is 2.76. The van der Waals surface area contributed by atoms with Crippen LogP contribution in [0.15, 0.2) is 22.7 Å². The Morgan fingerprint density at radius 2 is 2.10 bits per heavy atom. The van der Waals surface area contributed by atoms with E-state index in [2.05, 4.69) is 36.2 Å². The molecule has 0 spiro atoms. The molecule has 0 bridgehead atoms. The van der Waals surface area contributed by atoms with Gasteiger partial charge >= 0.3 is 6.01 Å². The summed E-state index contributed by atoms with van der Waals surface area (Å²) >= 11 is 3.42. The molecule has 8 heteroatoms. The summed E-state index contributed by atoms with van der Waals surface area (Å²) in [6, 6.07) is 5.73. The molecule has 1 aromatic heterocycles. The second-order valence-corrected chi connectivity index (χ2v) is 4.98. The van der Waals surface area contributed by atoms with Crippen molar-refractivity contribution in [3.63, 3.8) is 0 Å². The third kappa shape index (κ3) is 4.19. The summed E-state index contributed by atoms with van der Waals surface area (Å²) in [5.74, 6) is 1.17. The van der Waals surface area contributed by atoms with Gasteiger partial charge in [-0.05, 0) is 40.5 Å². The molecule has 21 heavy (non-hydrogen) atoms. The van der Waals surface area contributed by atoms with Crippen molar-refractivity contribution in [1.82, 2.24) is 15.0 Å². The van der Waals surface area contributed by atoms with Crippen LogP contribution in [0.5, 0.6) is 11.8 Å². The molecule has 2 aromatic rings. The summed E-state index contributed by atoms with van der Waals surface area (Å²) in [5.41, 5.74) is 6.44. The van der Waals surface area contributed by atoms with Crippen LogP contribution in [0.2, 0.25) is 0 Å². The van der Waals surface area contributed by atoms with E-state index in [1.165, 1.54) is 0 Å². The highest BCUT2D eigenvalue weighted by Gasteiger charge is 2.07. The zero-order valence-electron chi connectivity index (χ0n) is 11.8. The number of nitrogens with one attached hydrogen (secondary N) is 1. The van der Waals surface area contributed by atoms with Crippen LogP contribution in [0.25, 0.3) is 0 Å². The van der Waals surface area contributed by atoms with Crippen LogP contribution in [-0.4, -0.2) is 28.7 Å². The molecule has 112 valence electrons. The highest BCUT2D eigenvalue weighted by molar-refractivity contribution is 9.10. The van der Waals surface area contributed by atoms with Gasteiger partial charge in [0.1, 0.15) is 5.75 Å². The molecule has 7 nitrogen and oxygen atoms in total. The van der Waals surface area contributed by atoms with Crippen molar-refractivity contribution in [3.8, 4) is 11.8 Å². The van der Waals surface area contributed by atoms with Gasteiger partial charge in [0.2, 0.25) is 11.9 Å². The van der Waals surface area contributed by atoms with Gasteiger partial charge in [0.15, 0.2) is 0 Å². The second-order valence-electron chi connectivity index (χ2n) is 4.12. The van der Waals surface area contributed by atoms with Gasteiger partial charge in [-0.15, -0.1) is 0 Å². The molecule has 0 saturated heterocycles. The van der Waals surface area contributed by atoms with Crippen LogP contribution < -0.4 is 20.5 Å². The number of methoxy groups -OCH3 is 1. The Bertz CT molecular complexity index is 624. The van der Waals surface area contributed by atoms with Crippen LogP contribution in [0.4, 0.5) is 17.6 Å². The van der Waals surface area contributed by atoms with Gasteiger partial charge in [0.25, 0.3) is 0 Å². The monoisotopic (exact) mass is 353 g/mol. The summed E-state index contributed by atoms with van der Waals surface area (Å²) < 4.78 is 11.4. The van der Waals surface area contributed by atoms with Crippen molar-refractivity contribution in [3.05, 3.63) is 22.7 Å². The lowest BCUT2D eigenvalue weighted by Crippen LogP contribution is -2.07. The number of hydrogen-bond donors (Lipinski definition) is 2. The molecule has 0 aliphatic carbocycles. The number of nitrogens with zero attached hydrogens (tertiary/aromatic N) is 3. The lowest BCUT2D eigenvalue weighted by atomic mass is 10.3. The minimum absolute atomic E-state index is 0.103. The highest BCUT2D eigenvalue weighted by atomic mass is 79.9. The number of benzene rings is 1. The fourth-order valence-electron chi connectivity index (χ4n) is 1.56. The molecule has 2 rings (SSSR count). The van der Waals surface area contributed by atoms with E-state index in [1.807, 2.05) is 25.1 Å². The van der Waals surface area contributed by atoms with E-state index in [9.17, 15) is 0 Å². The average molecular weight is 354 g/mol. The summed E-state index contributed by atoms with van der Waals surface area (Å²) in [7, 11) is 1.61. The Morgan fingerprint density at radius 1 is 1.29 bits per heavy atom. The number of hydrogen-bond acceptors (Lipinski definition) is 7. The Morgan fingerprint density at radius 3 is 2.76 bits per heavy atom. The maximum atomic E-state index is 5.65. The number of rotatable bonds is 6. The maximum Gasteiger partial charge on any atom is 0.323 e. The van der Waals surface area contributed by atoms with Crippen LogP contribution in [0.1, 0.15) is 13.3 Å². The molecule has 0 amide bonds. The van der Waals surface area contributed by atoms with E-state index in [1.54, 1.807) is 7.11 Å². The smallest absolute Gasteiger partial charge is 0.323 e. The molecule has 0 radical (unpaired) electrons. The molecular weight excluding hydrogens is 338 g/mol. The third-order valence-electron chi connectivity index (χ3n) is 2.48. The van der Waals surface area contributed by atoms with Gasteiger partial charge in [0, 0.05) is 5.69 Å². The fourth-order valence-corrected chi connectivity index (χ4v) is 2.10. The van der Waals surface area contributed by atoms with Gasteiger partial charge in [0.05, 0.1) is 18.2 Å². The first-order chi connectivity index (χ1) is 10.1.